The molecule has 0 atom stereocenters. The molecule has 0 unspecified atom stereocenters. The number of nitrogens with two attached hydrogens (primary N) is 1. The van der Waals surface area contributed by atoms with Gasteiger partial charge in [-0.1, -0.05) is 0 Å². The molecule has 1 saturated carbocycles. The van der Waals surface area contributed by atoms with Crippen molar-refractivity contribution >= 4 is 22.8 Å². The molecule has 112 valence electrons. The first-order valence-corrected chi connectivity index (χ1v) is 8.00. The van der Waals surface area contributed by atoms with Gasteiger partial charge in [0.25, 0.3) is 0 Å². The number of hydrogen-bond acceptors (Lipinski definition) is 6. The fourth-order valence-corrected chi connectivity index (χ4v) is 2.74. The average molecular weight is 304 g/mol. The van der Waals surface area contributed by atoms with E-state index in [9.17, 15) is 0 Å². The second kappa shape index (κ2) is 5.52. The second-order valence-electron chi connectivity index (χ2n) is 5.93. The third-order valence-corrected chi connectivity index (χ3v) is 4.55. The Bertz CT molecular complexity index is 608. The predicted molar refractivity (Wildman–Crippen MR) is 85.6 cm³/mol. The minimum Gasteiger partial charge on any atom is -0.476 e. The molecular formula is C15H20N4OS. The van der Waals surface area contributed by atoms with Crippen molar-refractivity contribution in [2.45, 2.75) is 32.2 Å². The van der Waals surface area contributed by atoms with Crippen LogP contribution in [0.25, 0.3) is 0 Å². The molecule has 0 spiro atoms. The smallest absolute Gasteiger partial charge is 0.239 e. The zero-order valence-corrected chi connectivity index (χ0v) is 13.1. The van der Waals surface area contributed by atoms with Crippen molar-refractivity contribution in [3.63, 3.8) is 0 Å². The number of anilines is 2. The number of aromatic nitrogens is 2. The van der Waals surface area contributed by atoms with Crippen molar-refractivity contribution in [3.8, 4) is 5.88 Å². The van der Waals surface area contributed by atoms with E-state index in [0.29, 0.717) is 24.1 Å². The molecule has 0 aliphatic heterocycles. The van der Waals surface area contributed by atoms with Crippen LogP contribution in [-0.2, 0) is 5.54 Å². The summed E-state index contributed by atoms with van der Waals surface area (Å²) in [4.78, 5) is 8.85. The summed E-state index contributed by atoms with van der Waals surface area (Å²) in [5.41, 5.74) is 6.22. The minimum absolute atomic E-state index is 0.287. The number of hydrogen-bond donors (Lipinski definition) is 2. The number of thiazole rings is 1. The Balaban J connectivity index is 1.74. The molecule has 21 heavy (non-hydrogen) atoms. The van der Waals surface area contributed by atoms with Gasteiger partial charge in [0.05, 0.1) is 17.8 Å². The molecule has 6 heteroatoms. The summed E-state index contributed by atoms with van der Waals surface area (Å²) >= 11 is 1.62. The summed E-state index contributed by atoms with van der Waals surface area (Å²) in [6.45, 7) is 4.86. The van der Waals surface area contributed by atoms with Crippen LogP contribution < -0.4 is 15.8 Å². The van der Waals surface area contributed by atoms with Gasteiger partial charge in [0.15, 0.2) is 0 Å². The Morgan fingerprint density at radius 1 is 1.43 bits per heavy atom. The molecule has 1 aliphatic rings. The lowest BCUT2D eigenvalue weighted by molar-refractivity contribution is 0.290. The van der Waals surface area contributed by atoms with E-state index in [4.69, 9.17) is 10.5 Å². The van der Waals surface area contributed by atoms with Crippen LogP contribution in [0.15, 0.2) is 23.7 Å². The molecule has 0 bridgehead atoms. The fraction of sp³-hybridized carbons (Fsp3) is 0.467. The van der Waals surface area contributed by atoms with Crippen LogP contribution in [0.3, 0.4) is 0 Å². The zero-order chi connectivity index (χ0) is 14.9. The molecular weight excluding hydrogens is 284 g/mol. The van der Waals surface area contributed by atoms with Crippen molar-refractivity contribution in [1.29, 1.82) is 0 Å². The van der Waals surface area contributed by atoms with Gasteiger partial charge in [-0.2, -0.15) is 4.98 Å². The van der Waals surface area contributed by atoms with Gasteiger partial charge in [0, 0.05) is 11.6 Å². The van der Waals surface area contributed by atoms with E-state index >= 15 is 0 Å². The number of pyridine rings is 1. The summed E-state index contributed by atoms with van der Waals surface area (Å²) < 4.78 is 5.72. The van der Waals surface area contributed by atoms with Crippen LogP contribution >= 0.6 is 11.3 Å². The second-order valence-corrected chi connectivity index (χ2v) is 6.83. The Morgan fingerprint density at radius 2 is 2.24 bits per heavy atom. The Morgan fingerprint density at radius 3 is 2.90 bits per heavy atom. The highest BCUT2D eigenvalue weighted by atomic mass is 32.1. The van der Waals surface area contributed by atoms with Crippen LogP contribution in [0.5, 0.6) is 5.88 Å². The maximum absolute atomic E-state index is 5.93. The Kier molecular flexibility index (Phi) is 3.71. The fourth-order valence-electron chi connectivity index (χ4n) is 2.02. The molecule has 3 N–H and O–H groups in total. The number of nitrogens with zero attached hydrogens (tertiary/aromatic N) is 2. The summed E-state index contributed by atoms with van der Waals surface area (Å²) in [5, 5.41) is 6.38. The van der Waals surface area contributed by atoms with E-state index in [1.54, 1.807) is 11.3 Å². The summed E-state index contributed by atoms with van der Waals surface area (Å²) in [5.74, 6) is 1.94. The van der Waals surface area contributed by atoms with Crippen LogP contribution in [0.1, 0.15) is 31.7 Å². The molecule has 0 amide bonds. The van der Waals surface area contributed by atoms with Gasteiger partial charge < -0.3 is 15.8 Å². The molecule has 5 nitrogen and oxygen atoms in total. The lowest BCUT2D eigenvalue weighted by Crippen LogP contribution is -2.28. The van der Waals surface area contributed by atoms with Gasteiger partial charge in [-0.3, -0.25) is 0 Å². The van der Waals surface area contributed by atoms with E-state index in [0.717, 1.165) is 10.8 Å². The highest BCUT2D eigenvalue weighted by molar-refractivity contribution is 7.09. The summed E-state index contributed by atoms with van der Waals surface area (Å²) in [6, 6.07) is 3.70. The third-order valence-electron chi connectivity index (χ3n) is 3.45. The zero-order valence-electron chi connectivity index (χ0n) is 12.3. The van der Waals surface area contributed by atoms with Crippen LogP contribution in [0.4, 0.5) is 11.5 Å². The number of nitrogens with one attached hydrogen (secondary N) is 1. The van der Waals surface area contributed by atoms with Crippen molar-refractivity contribution in [1.82, 2.24) is 9.97 Å². The molecule has 1 aliphatic carbocycles. The van der Waals surface area contributed by atoms with Gasteiger partial charge in [0.1, 0.15) is 10.8 Å². The monoisotopic (exact) mass is 304 g/mol. The van der Waals surface area contributed by atoms with E-state index in [1.807, 2.05) is 23.7 Å². The lowest BCUT2D eigenvalue weighted by Gasteiger charge is -2.24. The van der Waals surface area contributed by atoms with Gasteiger partial charge in [-0.15, -0.1) is 11.3 Å². The van der Waals surface area contributed by atoms with Crippen LogP contribution in [0.2, 0.25) is 0 Å². The molecule has 0 aromatic carbocycles. The molecule has 0 saturated heterocycles. The van der Waals surface area contributed by atoms with Gasteiger partial charge in [-0.05, 0) is 44.7 Å². The SMILES string of the molecule is CC(C)(Nc1ccc(N)c(OCC2CC2)n1)c1nccs1. The first kappa shape index (κ1) is 14.1. The topological polar surface area (TPSA) is 73.1 Å². The van der Waals surface area contributed by atoms with Crippen molar-refractivity contribution < 1.29 is 4.74 Å². The largest absolute Gasteiger partial charge is 0.476 e. The first-order chi connectivity index (χ1) is 10.0. The van der Waals surface area contributed by atoms with E-state index in [2.05, 4.69) is 29.1 Å². The quantitative estimate of drug-likeness (QED) is 0.857. The standard InChI is InChI=1S/C15H20N4OS/c1-15(2,14-17-7-8-21-14)19-12-6-5-11(16)13(18-12)20-9-10-3-4-10/h5-8,10H,3-4,9,16H2,1-2H3,(H,18,19). The molecule has 3 rings (SSSR count). The van der Waals surface area contributed by atoms with E-state index in [1.165, 1.54) is 12.8 Å². The molecule has 2 aromatic rings. The van der Waals surface area contributed by atoms with Gasteiger partial charge >= 0.3 is 0 Å². The normalized spacial score (nSPS) is 15.0. The molecule has 2 aromatic heterocycles. The third kappa shape index (κ3) is 3.44. The maximum Gasteiger partial charge on any atom is 0.239 e. The maximum atomic E-state index is 5.93. The number of rotatable bonds is 6. The lowest BCUT2D eigenvalue weighted by atomic mass is 10.1. The average Bonchev–Trinajstić information content (AvgIpc) is 3.09. The van der Waals surface area contributed by atoms with Crippen molar-refractivity contribution in [3.05, 3.63) is 28.7 Å². The van der Waals surface area contributed by atoms with Gasteiger partial charge in [-0.25, -0.2) is 4.98 Å². The number of ether oxygens (including phenoxy) is 1. The predicted octanol–water partition coefficient (Wildman–Crippen LogP) is 3.26. The number of nitrogen functional groups attached to an aromatic ring is 1. The highest BCUT2D eigenvalue weighted by Crippen LogP contribution is 2.32. The van der Waals surface area contributed by atoms with Gasteiger partial charge in [0.2, 0.25) is 5.88 Å². The molecule has 1 fully saturated rings. The van der Waals surface area contributed by atoms with Crippen LogP contribution in [-0.4, -0.2) is 16.6 Å². The van der Waals surface area contributed by atoms with E-state index < -0.39 is 0 Å². The van der Waals surface area contributed by atoms with E-state index in [-0.39, 0.29) is 5.54 Å². The van der Waals surface area contributed by atoms with Crippen molar-refractivity contribution in [2.75, 3.05) is 17.7 Å². The summed E-state index contributed by atoms with van der Waals surface area (Å²) in [6.07, 6.45) is 4.30. The highest BCUT2D eigenvalue weighted by Gasteiger charge is 2.25. The molecule has 0 radical (unpaired) electrons. The van der Waals surface area contributed by atoms with Crippen molar-refractivity contribution in [2.24, 2.45) is 5.92 Å². The molecule has 2 heterocycles. The Hall–Kier alpha value is -1.82. The first-order valence-electron chi connectivity index (χ1n) is 7.12. The Labute approximate surface area is 128 Å². The minimum atomic E-state index is -0.287. The summed E-state index contributed by atoms with van der Waals surface area (Å²) in [7, 11) is 0. The van der Waals surface area contributed by atoms with Crippen LogP contribution in [0, 0.1) is 5.92 Å².